The predicted octanol–water partition coefficient (Wildman–Crippen LogP) is 1.15. The Labute approximate surface area is 181 Å². The lowest BCUT2D eigenvalue weighted by Gasteiger charge is -2.35. The molecule has 0 spiro atoms. The monoisotopic (exact) mass is 470 g/mol. The van der Waals surface area contributed by atoms with Crippen LogP contribution in [0.2, 0.25) is 5.02 Å². The fourth-order valence-electron chi connectivity index (χ4n) is 3.53. The van der Waals surface area contributed by atoms with Crippen molar-refractivity contribution >= 4 is 43.9 Å². The molecule has 1 aliphatic heterocycles. The Bertz CT molecular complexity index is 1260. The highest BCUT2D eigenvalue weighted by Gasteiger charge is 2.26. The van der Waals surface area contributed by atoms with Crippen LogP contribution in [0.25, 0.3) is 16.0 Å². The highest BCUT2D eigenvalue weighted by molar-refractivity contribution is 7.91. The molecule has 2 N–H and O–H groups in total. The second kappa shape index (κ2) is 7.94. The van der Waals surface area contributed by atoms with Crippen LogP contribution in [-0.2, 0) is 21.3 Å². The quantitative estimate of drug-likeness (QED) is 0.600. The first-order valence-electron chi connectivity index (χ1n) is 9.07. The Hall–Kier alpha value is -1.96. The number of nitrogens with zero attached hydrogens (tertiary/aromatic N) is 5. The largest absolute Gasteiger partial charge is 0.373 e. The van der Waals surface area contributed by atoms with Gasteiger partial charge in [-0.15, -0.1) is 10.2 Å². The molecular weight excluding hydrogens is 452 g/mol. The minimum Gasteiger partial charge on any atom is -0.373 e. The van der Waals surface area contributed by atoms with E-state index in [4.69, 9.17) is 21.5 Å². The van der Waals surface area contributed by atoms with Crippen LogP contribution in [0.4, 0.5) is 0 Å². The molecule has 3 heterocycles. The maximum atomic E-state index is 13.3. The molecule has 1 fully saturated rings. The first-order valence-corrected chi connectivity index (χ1v) is 11.8. The lowest BCUT2D eigenvalue weighted by molar-refractivity contribution is -0.0712. The van der Waals surface area contributed by atoms with Gasteiger partial charge in [0.1, 0.15) is 5.82 Å². The van der Waals surface area contributed by atoms with Gasteiger partial charge in [0.05, 0.1) is 29.7 Å². The molecule has 3 aromatic rings. The molecule has 2 atom stereocenters. The van der Waals surface area contributed by atoms with Gasteiger partial charge in [0.15, 0.2) is 0 Å². The SMILES string of the molecule is CC1CN(Cc2nc3cc(Cl)ccc3c(=O)n2-c2nnc(S(N)(=O)=O)s2)CC(C)O1. The van der Waals surface area contributed by atoms with Crippen LogP contribution in [-0.4, -0.2) is 58.4 Å². The number of halogens is 1. The summed E-state index contributed by atoms with van der Waals surface area (Å²) in [5, 5.41) is 13.5. The molecule has 160 valence electrons. The van der Waals surface area contributed by atoms with Crippen molar-refractivity contribution in [3.05, 3.63) is 39.4 Å². The van der Waals surface area contributed by atoms with Crippen molar-refractivity contribution in [2.75, 3.05) is 13.1 Å². The van der Waals surface area contributed by atoms with Crippen LogP contribution in [0, 0.1) is 0 Å². The number of morpholine rings is 1. The number of hydrogen-bond donors (Lipinski definition) is 1. The summed E-state index contributed by atoms with van der Waals surface area (Å²) >= 11 is 6.80. The second-order valence-electron chi connectivity index (χ2n) is 7.18. The molecule has 4 rings (SSSR count). The van der Waals surface area contributed by atoms with Crippen molar-refractivity contribution < 1.29 is 13.2 Å². The average Bonchev–Trinajstić information content (AvgIpc) is 3.10. The van der Waals surface area contributed by atoms with Gasteiger partial charge in [0.25, 0.3) is 15.6 Å². The van der Waals surface area contributed by atoms with Gasteiger partial charge < -0.3 is 4.74 Å². The van der Waals surface area contributed by atoms with E-state index in [0.717, 1.165) is 0 Å². The van der Waals surface area contributed by atoms with E-state index in [1.165, 1.54) is 4.57 Å². The lowest BCUT2D eigenvalue weighted by Crippen LogP contribution is -2.45. The minimum atomic E-state index is -4.04. The van der Waals surface area contributed by atoms with E-state index >= 15 is 0 Å². The third kappa shape index (κ3) is 4.24. The first-order chi connectivity index (χ1) is 14.1. The topological polar surface area (TPSA) is 133 Å². The molecule has 0 amide bonds. The van der Waals surface area contributed by atoms with Gasteiger partial charge >= 0.3 is 0 Å². The number of ether oxygens (including phenoxy) is 1. The predicted molar refractivity (Wildman–Crippen MR) is 112 cm³/mol. The summed E-state index contributed by atoms with van der Waals surface area (Å²) in [7, 11) is -4.04. The normalized spacial score (nSPS) is 20.7. The van der Waals surface area contributed by atoms with Gasteiger partial charge in [0, 0.05) is 18.1 Å². The maximum absolute atomic E-state index is 13.3. The minimum absolute atomic E-state index is 0.0272. The van der Waals surface area contributed by atoms with Crippen LogP contribution in [0.3, 0.4) is 0 Å². The van der Waals surface area contributed by atoms with Crippen molar-refractivity contribution in [1.29, 1.82) is 0 Å². The van der Waals surface area contributed by atoms with Crippen LogP contribution in [0.15, 0.2) is 27.3 Å². The highest BCUT2D eigenvalue weighted by Crippen LogP contribution is 2.22. The Kier molecular flexibility index (Phi) is 5.64. The first kappa shape index (κ1) is 21.3. The number of aromatic nitrogens is 4. The van der Waals surface area contributed by atoms with Crippen LogP contribution in [0.1, 0.15) is 19.7 Å². The highest BCUT2D eigenvalue weighted by atomic mass is 35.5. The van der Waals surface area contributed by atoms with E-state index in [9.17, 15) is 13.2 Å². The molecule has 10 nitrogen and oxygen atoms in total. The van der Waals surface area contributed by atoms with E-state index in [1.807, 2.05) is 13.8 Å². The smallest absolute Gasteiger partial charge is 0.267 e. The van der Waals surface area contributed by atoms with Gasteiger partial charge in [-0.05, 0) is 32.0 Å². The molecular formula is C17H19ClN6O4S2. The van der Waals surface area contributed by atoms with E-state index < -0.39 is 15.6 Å². The van der Waals surface area contributed by atoms with Gasteiger partial charge in [0.2, 0.25) is 9.47 Å². The summed E-state index contributed by atoms with van der Waals surface area (Å²) in [5.74, 6) is 0.396. The van der Waals surface area contributed by atoms with E-state index in [0.29, 0.717) is 52.7 Å². The third-order valence-corrected chi connectivity index (χ3v) is 7.05. The van der Waals surface area contributed by atoms with Crippen molar-refractivity contribution in [2.45, 2.75) is 36.9 Å². The van der Waals surface area contributed by atoms with Gasteiger partial charge in [-0.3, -0.25) is 9.69 Å². The van der Waals surface area contributed by atoms with E-state index in [1.54, 1.807) is 18.2 Å². The summed E-state index contributed by atoms with van der Waals surface area (Å²) in [5.41, 5.74) is 0.0578. The zero-order valence-corrected chi connectivity index (χ0v) is 18.5. The third-order valence-electron chi connectivity index (χ3n) is 4.59. The van der Waals surface area contributed by atoms with Crippen molar-refractivity contribution in [3.8, 4) is 5.13 Å². The van der Waals surface area contributed by atoms with Gasteiger partial charge in [-0.25, -0.2) is 23.1 Å². The lowest BCUT2D eigenvalue weighted by atomic mass is 10.2. The molecule has 30 heavy (non-hydrogen) atoms. The van der Waals surface area contributed by atoms with E-state index in [2.05, 4.69) is 20.1 Å². The Morgan fingerprint density at radius 1 is 1.27 bits per heavy atom. The average molecular weight is 471 g/mol. The second-order valence-corrected chi connectivity index (χ2v) is 10.3. The number of fused-ring (bicyclic) bond motifs is 1. The summed E-state index contributed by atoms with van der Waals surface area (Å²) in [4.78, 5) is 20.0. The van der Waals surface area contributed by atoms with Gasteiger partial charge in [-0.1, -0.05) is 22.9 Å². The summed E-state index contributed by atoms with van der Waals surface area (Å²) < 4.78 is 29.9. The number of rotatable bonds is 4. The fourth-order valence-corrected chi connectivity index (χ4v) is 5.14. The molecule has 1 aliphatic rings. The molecule has 1 saturated heterocycles. The standard InChI is InChI=1S/C17H19ClN6O4S2/c1-9-6-23(7-10(2)28-9)8-14-20-13-5-11(18)3-4-12(13)15(25)24(14)16-21-22-17(29-16)30(19,26)27/h3-5,9-10H,6-8H2,1-2H3,(H2,19,26,27). The van der Waals surface area contributed by atoms with E-state index in [-0.39, 0.29) is 21.7 Å². The Morgan fingerprint density at radius 2 is 1.97 bits per heavy atom. The molecule has 0 bridgehead atoms. The number of sulfonamides is 1. The molecule has 0 aliphatic carbocycles. The number of hydrogen-bond acceptors (Lipinski definition) is 9. The van der Waals surface area contributed by atoms with Crippen molar-refractivity contribution in [1.82, 2.24) is 24.6 Å². The fraction of sp³-hybridized carbons (Fsp3) is 0.412. The van der Waals surface area contributed by atoms with Crippen molar-refractivity contribution in [2.24, 2.45) is 5.14 Å². The molecule has 13 heteroatoms. The molecule has 0 radical (unpaired) electrons. The van der Waals surface area contributed by atoms with Crippen LogP contribution >= 0.6 is 22.9 Å². The maximum Gasteiger partial charge on any atom is 0.267 e. The number of primary sulfonamides is 1. The molecule has 0 saturated carbocycles. The summed E-state index contributed by atoms with van der Waals surface area (Å²) in [6.45, 7) is 5.61. The summed E-state index contributed by atoms with van der Waals surface area (Å²) in [6, 6.07) is 4.79. The zero-order valence-electron chi connectivity index (χ0n) is 16.1. The number of benzene rings is 1. The molecule has 1 aromatic carbocycles. The van der Waals surface area contributed by atoms with Crippen molar-refractivity contribution in [3.63, 3.8) is 0 Å². The summed E-state index contributed by atoms with van der Waals surface area (Å²) in [6.07, 6.45) is 0.0543. The Balaban J connectivity index is 1.87. The van der Waals surface area contributed by atoms with Crippen LogP contribution < -0.4 is 10.7 Å². The zero-order chi connectivity index (χ0) is 21.6. The number of nitrogens with two attached hydrogens (primary N) is 1. The Morgan fingerprint density at radius 3 is 2.60 bits per heavy atom. The molecule has 2 aromatic heterocycles. The van der Waals surface area contributed by atoms with Crippen LogP contribution in [0.5, 0.6) is 0 Å². The molecule has 2 unspecified atom stereocenters. The van der Waals surface area contributed by atoms with Gasteiger partial charge in [-0.2, -0.15) is 0 Å².